The fourth-order valence-electron chi connectivity index (χ4n) is 2.53. The van der Waals surface area contributed by atoms with Crippen LogP contribution in [-0.4, -0.2) is 37.3 Å². The number of benzene rings is 2. The number of ether oxygens (including phenoxy) is 3. The lowest BCUT2D eigenvalue weighted by Gasteiger charge is -2.14. The minimum atomic E-state index is -3.70. The summed E-state index contributed by atoms with van der Waals surface area (Å²) in [6.07, 6.45) is -4.35. The average Bonchev–Trinajstić information content (AvgIpc) is 2.93. The van der Waals surface area contributed by atoms with Crippen molar-refractivity contribution in [3.05, 3.63) is 48.5 Å². The minimum absolute atomic E-state index is 0.321. The molecule has 0 N–H and O–H groups in total. The summed E-state index contributed by atoms with van der Waals surface area (Å²) in [6.45, 7) is -0.803. The molecule has 0 spiro atoms. The van der Waals surface area contributed by atoms with E-state index in [0.29, 0.717) is 11.0 Å². The number of hydrogen-bond acceptors (Lipinski definition) is 4. The first-order valence-corrected chi connectivity index (χ1v) is 7.26. The average molecular weight is 335 g/mol. The van der Waals surface area contributed by atoms with E-state index < -0.39 is 19.0 Å². The van der Waals surface area contributed by atoms with Crippen LogP contribution in [0.15, 0.2) is 48.5 Å². The van der Waals surface area contributed by atoms with Crippen LogP contribution in [0.4, 0.5) is 13.6 Å². The molecule has 7 heteroatoms. The maximum atomic E-state index is 12.8. The lowest BCUT2D eigenvalue weighted by Crippen LogP contribution is -2.26. The molecule has 2 aromatic carbocycles. The van der Waals surface area contributed by atoms with Crippen molar-refractivity contribution in [3.8, 4) is 0 Å². The van der Waals surface area contributed by atoms with Crippen molar-refractivity contribution in [2.75, 3.05) is 20.3 Å². The zero-order valence-electron chi connectivity index (χ0n) is 12.9. The molecular weight excluding hydrogens is 320 g/mol. The summed E-state index contributed by atoms with van der Waals surface area (Å²) in [7, 11) is 0.824. The fourth-order valence-corrected chi connectivity index (χ4v) is 2.53. The number of fused-ring (bicyclic) bond motifs is 3. The molecule has 126 valence electrons. The van der Waals surface area contributed by atoms with Gasteiger partial charge in [0.2, 0.25) is 0 Å². The van der Waals surface area contributed by atoms with Gasteiger partial charge < -0.3 is 4.74 Å². The van der Waals surface area contributed by atoms with Gasteiger partial charge in [-0.05, 0) is 12.1 Å². The Morgan fingerprint density at radius 3 is 2.08 bits per heavy atom. The van der Waals surface area contributed by atoms with Gasteiger partial charge in [0.1, 0.15) is 6.61 Å². The van der Waals surface area contributed by atoms with Crippen molar-refractivity contribution in [1.29, 1.82) is 0 Å². The molecule has 3 aromatic rings. The summed E-state index contributed by atoms with van der Waals surface area (Å²) in [5, 5.41) is 1.82. The van der Waals surface area contributed by atoms with Crippen LogP contribution in [-0.2, 0) is 14.2 Å². The standard InChI is InChI=1S/C17H15F2NO4/c1-22-17(18,19)24-11-10-23-16(21)20-14-8-4-2-6-12(14)13-7-3-5-9-15(13)20/h2-9H,10-11H2,1H3. The molecule has 0 aliphatic rings. The summed E-state index contributed by atoms with van der Waals surface area (Å²) in [5.41, 5.74) is 1.37. The van der Waals surface area contributed by atoms with Crippen molar-refractivity contribution in [3.63, 3.8) is 0 Å². The van der Waals surface area contributed by atoms with E-state index in [1.54, 1.807) is 12.1 Å². The van der Waals surface area contributed by atoms with Crippen LogP contribution in [0.1, 0.15) is 0 Å². The summed E-state index contributed by atoms with van der Waals surface area (Å²) in [6, 6.07) is 14.8. The van der Waals surface area contributed by atoms with Gasteiger partial charge in [-0.25, -0.2) is 9.36 Å². The van der Waals surface area contributed by atoms with Crippen molar-refractivity contribution in [2.45, 2.75) is 6.29 Å². The van der Waals surface area contributed by atoms with Crippen LogP contribution >= 0.6 is 0 Å². The van der Waals surface area contributed by atoms with E-state index in [4.69, 9.17) is 4.74 Å². The number of nitrogens with zero attached hydrogens (tertiary/aromatic N) is 1. The first-order chi connectivity index (χ1) is 11.5. The number of hydrogen-bond donors (Lipinski definition) is 0. The van der Waals surface area contributed by atoms with Gasteiger partial charge in [-0.1, -0.05) is 36.4 Å². The highest BCUT2D eigenvalue weighted by Gasteiger charge is 2.29. The quantitative estimate of drug-likeness (QED) is 0.522. The van der Waals surface area contributed by atoms with E-state index in [-0.39, 0.29) is 6.61 Å². The topological polar surface area (TPSA) is 49.7 Å². The molecule has 0 atom stereocenters. The Hall–Kier alpha value is -2.51. The molecular formula is C17H15F2NO4. The van der Waals surface area contributed by atoms with Gasteiger partial charge in [0, 0.05) is 17.9 Å². The number of methoxy groups -OCH3 is 1. The number of alkyl halides is 2. The summed E-state index contributed by atoms with van der Waals surface area (Å²) in [5.74, 6) is 0. The number of carbonyl (C=O) groups excluding carboxylic acids is 1. The highest BCUT2D eigenvalue weighted by Crippen LogP contribution is 2.28. The predicted octanol–water partition coefficient (Wildman–Crippen LogP) is 3.99. The number of aromatic nitrogens is 1. The number of carbonyl (C=O) groups is 1. The molecule has 3 rings (SSSR count). The molecule has 0 saturated carbocycles. The first kappa shape index (κ1) is 16.4. The minimum Gasteiger partial charge on any atom is -0.446 e. The SMILES string of the molecule is COC(F)(F)OCCOC(=O)n1c2ccccc2c2ccccc21. The third kappa shape index (κ3) is 3.08. The molecule has 0 bridgehead atoms. The van der Waals surface area contributed by atoms with Gasteiger partial charge in [-0.3, -0.25) is 9.47 Å². The highest BCUT2D eigenvalue weighted by molar-refractivity contribution is 6.12. The highest BCUT2D eigenvalue weighted by atomic mass is 19.3. The molecule has 5 nitrogen and oxygen atoms in total. The number of rotatable bonds is 5. The zero-order chi connectivity index (χ0) is 17.2. The molecule has 0 unspecified atom stereocenters. The van der Waals surface area contributed by atoms with Gasteiger partial charge >= 0.3 is 12.4 Å². The third-order valence-electron chi connectivity index (χ3n) is 3.58. The Kier molecular flexibility index (Phi) is 4.46. The fraction of sp³-hybridized carbons (Fsp3) is 0.235. The molecule has 0 saturated heterocycles. The largest absolute Gasteiger partial charge is 0.485 e. The Morgan fingerprint density at radius 2 is 1.54 bits per heavy atom. The van der Waals surface area contributed by atoms with Crippen molar-refractivity contribution >= 4 is 27.9 Å². The predicted molar refractivity (Wildman–Crippen MR) is 84.1 cm³/mol. The van der Waals surface area contributed by atoms with Crippen molar-refractivity contribution < 1.29 is 27.8 Å². The Morgan fingerprint density at radius 1 is 1.00 bits per heavy atom. The smallest absolute Gasteiger partial charge is 0.446 e. The number of halogens is 2. The van der Waals surface area contributed by atoms with Gasteiger partial charge in [0.25, 0.3) is 0 Å². The summed E-state index contributed by atoms with van der Waals surface area (Å²) in [4.78, 5) is 12.4. The molecule has 24 heavy (non-hydrogen) atoms. The molecule has 0 fully saturated rings. The molecule has 0 aliphatic heterocycles. The lowest BCUT2D eigenvalue weighted by atomic mass is 10.2. The lowest BCUT2D eigenvalue weighted by molar-refractivity contribution is -0.384. The molecule has 0 amide bonds. The van der Waals surface area contributed by atoms with Crippen LogP contribution in [0.5, 0.6) is 0 Å². The second kappa shape index (κ2) is 6.54. The number of para-hydroxylation sites is 2. The van der Waals surface area contributed by atoms with E-state index in [2.05, 4.69) is 9.47 Å². The summed E-state index contributed by atoms with van der Waals surface area (Å²) < 4.78 is 40.0. The van der Waals surface area contributed by atoms with E-state index in [0.717, 1.165) is 17.9 Å². The zero-order valence-corrected chi connectivity index (χ0v) is 12.9. The molecule has 0 radical (unpaired) electrons. The van der Waals surface area contributed by atoms with Crippen LogP contribution in [0.25, 0.3) is 21.8 Å². The van der Waals surface area contributed by atoms with Crippen LogP contribution in [0, 0.1) is 0 Å². The normalized spacial score (nSPS) is 12.0. The van der Waals surface area contributed by atoms with Crippen molar-refractivity contribution in [1.82, 2.24) is 4.57 Å². The Balaban J connectivity index is 1.82. The summed E-state index contributed by atoms with van der Waals surface area (Å²) >= 11 is 0. The van der Waals surface area contributed by atoms with E-state index in [1.807, 2.05) is 36.4 Å². The van der Waals surface area contributed by atoms with E-state index in [1.165, 1.54) is 4.57 Å². The van der Waals surface area contributed by atoms with Crippen LogP contribution < -0.4 is 0 Å². The first-order valence-electron chi connectivity index (χ1n) is 7.26. The van der Waals surface area contributed by atoms with Gasteiger partial charge in [0.05, 0.1) is 17.6 Å². The van der Waals surface area contributed by atoms with E-state index in [9.17, 15) is 13.6 Å². The van der Waals surface area contributed by atoms with E-state index >= 15 is 0 Å². The molecule has 0 aliphatic carbocycles. The Labute approximate surface area is 136 Å². The van der Waals surface area contributed by atoms with Crippen molar-refractivity contribution in [2.24, 2.45) is 0 Å². The maximum Gasteiger partial charge on any atom is 0.485 e. The maximum absolute atomic E-state index is 12.8. The van der Waals surface area contributed by atoms with Gasteiger partial charge in [0.15, 0.2) is 0 Å². The van der Waals surface area contributed by atoms with Gasteiger partial charge in [-0.2, -0.15) is 0 Å². The monoisotopic (exact) mass is 335 g/mol. The van der Waals surface area contributed by atoms with Gasteiger partial charge in [-0.15, -0.1) is 8.78 Å². The second-order valence-corrected chi connectivity index (χ2v) is 5.00. The second-order valence-electron chi connectivity index (χ2n) is 5.00. The van der Waals surface area contributed by atoms with Crippen LogP contribution in [0.3, 0.4) is 0 Å². The van der Waals surface area contributed by atoms with Crippen LogP contribution in [0.2, 0.25) is 0 Å². The third-order valence-corrected chi connectivity index (χ3v) is 3.58. The molecule has 1 aromatic heterocycles. The molecule has 1 heterocycles. The Bertz CT molecular complexity index is 822.